The van der Waals surface area contributed by atoms with Gasteiger partial charge >= 0.3 is 17.9 Å². The van der Waals surface area contributed by atoms with E-state index in [9.17, 15) is 14.4 Å². The number of allylic oxidation sites excluding steroid dienone is 12. The fourth-order valence-corrected chi connectivity index (χ4v) is 10.4. The van der Waals surface area contributed by atoms with Crippen molar-refractivity contribution < 1.29 is 28.6 Å². The molecule has 0 amide bonds. The summed E-state index contributed by atoms with van der Waals surface area (Å²) < 4.78 is 17.0. The van der Waals surface area contributed by atoms with Crippen LogP contribution in [0.5, 0.6) is 0 Å². The van der Waals surface area contributed by atoms with E-state index in [1.807, 2.05) is 0 Å². The number of hydrogen-bond donors (Lipinski definition) is 0. The maximum absolute atomic E-state index is 13.0. The van der Waals surface area contributed by atoms with Crippen LogP contribution >= 0.6 is 0 Å². The van der Waals surface area contributed by atoms with Gasteiger partial charge in [-0.05, 0) is 89.9 Å². The molecule has 0 aromatic rings. The molecule has 470 valence electrons. The van der Waals surface area contributed by atoms with Crippen molar-refractivity contribution in [2.24, 2.45) is 0 Å². The van der Waals surface area contributed by atoms with Gasteiger partial charge in [0.05, 0.1) is 0 Å². The van der Waals surface area contributed by atoms with Crippen molar-refractivity contribution in [3.05, 3.63) is 72.9 Å². The summed E-state index contributed by atoms with van der Waals surface area (Å²) in [4.78, 5) is 38.5. The lowest BCUT2D eigenvalue weighted by atomic mass is 10.0. The largest absolute Gasteiger partial charge is 0.462 e. The van der Waals surface area contributed by atoms with E-state index in [0.29, 0.717) is 19.3 Å². The average molecular weight is 1130 g/mol. The highest BCUT2D eigenvalue weighted by Crippen LogP contribution is 2.18. The van der Waals surface area contributed by atoms with Gasteiger partial charge in [0.2, 0.25) is 0 Å². The van der Waals surface area contributed by atoms with E-state index in [2.05, 4.69) is 93.7 Å². The first-order valence-electron chi connectivity index (χ1n) is 35.4. The Morgan fingerprint density at radius 3 is 0.765 bits per heavy atom. The van der Waals surface area contributed by atoms with Crippen molar-refractivity contribution in [1.82, 2.24) is 0 Å². The van der Waals surface area contributed by atoms with Gasteiger partial charge in [-0.2, -0.15) is 0 Å². The molecule has 6 nitrogen and oxygen atoms in total. The van der Waals surface area contributed by atoms with E-state index in [4.69, 9.17) is 14.2 Å². The Balaban J connectivity index is 4.31. The predicted molar refractivity (Wildman–Crippen MR) is 353 cm³/mol. The molecule has 0 N–H and O–H groups in total. The fraction of sp³-hybridized carbons (Fsp3) is 0.800. The summed E-state index contributed by atoms with van der Waals surface area (Å²) in [6, 6.07) is 0. The summed E-state index contributed by atoms with van der Waals surface area (Å²) in [6.45, 7) is 6.58. The minimum absolute atomic E-state index is 0.0739. The lowest BCUT2D eigenvalue weighted by Gasteiger charge is -2.18. The summed E-state index contributed by atoms with van der Waals surface area (Å²) >= 11 is 0. The Bertz CT molecular complexity index is 1490. The topological polar surface area (TPSA) is 78.9 Å². The highest BCUT2D eigenvalue weighted by atomic mass is 16.6. The van der Waals surface area contributed by atoms with Crippen molar-refractivity contribution in [3.63, 3.8) is 0 Å². The second-order valence-electron chi connectivity index (χ2n) is 23.8. The van der Waals surface area contributed by atoms with Gasteiger partial charge in [-0.25, -0.2) is 0 Å². The number of carbonyl (C=O) groups excluding carboxylic acids is 3. The normalized spacial score (nSPS) is 12.5. The highest BCUT2D eigenvalue weighted by molar-refractivity contribution is 5.71. The Morgan fingerprint density at radius 1 is 0.259 bits per heavy atom. The van der Waals surface area contributed by atoms with E-state index >= 15 is 0 Å². The lowest BCUT2D eigenvalue weighted by Crippen LogP contribution is -2.30. The highest BCUT2D eigenvalue weighted by Gasteiger charge is 2.19. The third kappa shape index (κ3) is 67.5. The second kappa shape index (κ2) is 69.3. The molecule has 0 aromatic carbocycles. The first kappa shape index (κ1) is 77.9. The molecule has 81 heavy (non-hydrogen) atoms. The first-order chi connectivity index (χ1) is 40.0. The Labute approximate surface area is 503 Å². The van der Waals surface area contributed by atoms with Crippen LogP contribution in [-0.4, -0.2) is 37.2 Å². The Hall–Kier alpha value is -3.15. The van der Waals surface area contributed by atoms with E-state index in [-0.39, 0.29) is 31.1 Å². The number of unbranched alkanes of at least 4 members (excludes halogenated alkanes) is 42. The van der Waals surface area contributed by atoms with Crippen LogP contribution in [0, 0.1) is 0 Å². The average Bonchev–Trinajstić information content (AvgIpc) is 3.47. The van der Waals surface area contributed by atoms with E-state index in [0.717, 1.165) is 89.9 Å². The van der Waals surface area contributed by atoms with Crippen LogP contribution in [0.25, 0.3) is 0 Å². The summed E-state index contributed by atoms with van der Waals surface area (Å²) in [5, 5.41) is 0. The van der Waals surface area contributed by atoms with Gasteiger partial charge in [-0.15, -0.1) is 0 Å². The minimum atomic E-state index is -0.778. The molecule has 1 atom stereocenters. The van der Waals surface area contributed by atoms with Crippen LogP contribution in [-0.2, 0) is 28.6 Å². The molecule has 6 heteroatoms. The molecule has 0 saturated heterocycles. The van der Waals surface area contributed by atoms with Crippen LogP contribution in [0.15, 0.2) is 72.9 Å². The number of rotatable bonds is 65. The molecule has 0 spiro atoms. The van der Waals surface area contributed by atoms with Gasteiger partial charge in [0.1, 0.15) is 13.2 Å². The molecule has 0 aromatic heterocycles. The quantitative estimate of drug-likeness (QED) is 0.0261. The van der Waals surface area contributed by atoms with E-state index < -0.39 is 6.10 Å². The summed E-state index contributed by atoms with van der Waals surface area (Å²) in [7, 11) is 0. The van der Waals surface area contributed by atoms with Gasteiger partial charge in [-0.1, -0.05) is 331 Å². The molecule has 0 radical (unpaired) electrons. The van der Waals surface area contributed by atoms with Crippen LogP contribution in [0.2, 0.25) is 0 Å². The van der Waals surface area contributed by atoms with Crippen molar-refractivity contribution in [2.75, 3.05) is 13.2 Å². The monoisotopic (exact) mass is 1130 g/mol. The van der Waals surface area contributed by atoms with E-state index in [1.165, 1.54) is 238 Å². The molecular formula is C75H134O6. The van der Waals surface area contributed by atoms with Crippen LogP contribution in [0.3, 0.4) is 0 Å². The molecule has 0 aliphatic rings. The molecule has 0 rings (SSSR count). The van der Waals surface area contributed by atoms with Crippen molar-refractivity contribution in [3.8, 4) is 0 Å². The second-order valence-corrected chi connectivity index (χ2v) is 23.8. The maximum Gasteiger partial charge on any atom is 0.306 e. The molecule has 0 heterocycles. The maximum atomic E-state index is 13.0. The molecule has 0 saturated carbocycles. The Kier molecular flexibility index (Phi) is 66.6. The zero-order valence-electron chi connectivity index (χ0n) is 54.1. The molecular weight excluding hydrogens is 997 g/mol. The van der Waals surface area contributed by atoms with Gasteiger partial charge in [-0.3, -0.25) is 14.4 Å². The zero-order valence-corrected chi connectivity index (χ0v) is 54.1. The summed E-state index contributed by atoms with van der Waals surface area (Å²) in [5.74, 6) is -0.857. The molecule has 0 aliphatic heterocycles. The Morgan fingerprint density at radius 2 is 0.481 bits per heavy atom. The smallest absolute Gasteiger partial charge is 0.306 e. The van der Waals surface area contributed by atoms with Crippen LogP contribution in [0.4, 0.5) is 0 Å². The third-order valence-corrected chi connectivity index (χ3v) is 15.7. The van der Waals surface area contributed by atoms with Crippen molar-refractivity contribution in [2.45, 2.75) is 374 Å². The predicted octanol–water partition coefficient (Wildman–Crippen LogP) is 24.4. The molecule has 0 fully saturated rings. The minimum Gasteiger partial charge on any atom is -0.462 e. The van der Waals surface area contributed by atoms with Crippen molar-refractivity contribution >= 4 is 17.9 Å². The van der Waals surface area contributed by atoms with Gasteiger partial charge < -0.3 is 14.2 Å². The SMILES string of the molecule is CC/C=C\C/C=C\C/C=C\C/C=C\C/C=C\CCCCCCCCCCCCCC(=O)OCC(COC(=O)CCCCCCCCC/C=C\CCCCCCCC)OC(=O)CCCCCCCCCCCCCCCCCCCCC. The summed E-state index contributed by atoms with van der Waals surface area (Å²) in [6.07, 6.45) is 90.6. The summed E-state index contributed by atoms with van der Waals surface area (Å²) in [5.41, 5.74) is 0. The van der Waals surface area contributed by atoms with Crippen LogP contribution < -0.4 is 0 Å². The van der Waals surface area contributed by atoms with Gasteiger partial charge in [0.15, 0.2) is 6.10 Å². The number of hydrogen-bond acceptors (Lipinski definition) is 6. The number of esters is 3. The van der Waals surface area contributed by atoms with Crippen molar-refractivity contribution in [1.29, 1.82) is 0 Å². The molecule has 0 aliphatic carbocycles. The fourth-order valence-electron chi connectivity index (χ4n) is 10.4. The standard InChI is InChI=1S/C75H134O6/c1-4-7-10-13-16-19-22-25-28-31-33-34-35-36-37-38-39-40-42-44-47-50-53-56-59-62-65-68-74(77)80-71-72(70-79-73(76)67-64-61-58-55-52-49-46-43-30-27-24-21-18-15-12-9-6-3)81-75(78)69-66-63-60-57-54-51-48-45-41-32-29-26-23-20-17-14-11-8-5-2/h7,10,16,19,25,27-28,30,33-34,36-37,72H,4-6,8-9,11-15,17-18,20-24,26,29,31-32,35,38-71H2,1-3H3/b10-7-,19-16-,28-25-,30-27-,34-33-,37-36-. The number of carbonyl (C=O) groups is 3. The van der Waals surface area contributed by atoms with Crippen LogP contribution in [0.1, 0.15) is 367 Å². The third-order valence-electron chi connectivity index (χ3n) is 15.7. The molecule has 0 bridgehead atoms. The van der Waals surface area contributed by atoms with Gasteiger partial charge in [0, 0.05) is 19.3 Å². The van der Waals surface area contributed by atoms with E-state index in [1.54, 1.807) is 0 Å². The lowest BCUT2D eigenvalue weighted by molar-refractivity contribution is -0.167. The molecule has 1 unspecified atom stereocenters. The first-order valence-corrected chi connectivity index (χ1v) is 35.4. The zero-order chi connectivity index (χ0) is 58.5. The van der Waals surface area contributed by atoms with Gasteiger partial charge in [0.25, 0.3) is 0 Å². The number of ether oxygens (including phenoxy) is 3.